The Bertz CT molecular complexity index is 101. The molecule has 0 amide bonds. The molecule has 0 aromatic rings. The van der Waals surface area contributed by atoms with Crippen LogP contribution in [0.3, 0.4) is 0 Å². The molecule has 2 heteroatoms. The Balaban J connectivity index is 2.38. The fourth-order valence-corrected chi connectivity index (χ4v) is 1.36. The van der Waals surface area contributed by atoms with E-state index < -0.39 is 0 Å². The van der Waals surface area contributed by atoms with Crippen LogP contribution in [0.2, 0.25) is 0 Å². The van der Waals surface area contributed by atoms with E-state index in [0.29, 0.717) is 11.5 Å². The molecule has 0 spiro atoms. The van der Waals surface area contributed by atoms with Crippen molar-refractivity contribution in [1.82, 2.24) is 5.32 Å². The molecule has 0 radical (unpaired) electrons. The number of hydrogen-bond acceptors (Lipinski definition) is 2. The van der Waals surface area contributed by atoms with Gasteiger partial charge < -0.3 is 10.4 Å². The Morgan fingerprint density at radius 3 is 2.56 bits per heavy atom. The number of rotatable bonds is 1. The highest BCUT2D eigenvalue weighted by molar-refractivity contribution is 4.86. The van der Waals surface area contributed by atoms with Gasteiger partial charge in [-0.15, -0.1) is 0 Å². The molecular weight excluding hydrogens is 114 g/mol. The molecule has 9 heavy (non-hydrogen) atoms. The second-order valence-electron chi connectivity index (χ2n) is 3.63. The van der Waals surface area contributed by atoms with E-state index in [1.54, 1.807) is 0 Å². The highest BCUT2D eigenvalue weighted by Gasteiger charge is 2.29. The minimum atomic E-state index is 0.281. The Hall–Kier alpha value is -0.0800. The quantitative estimate of drug-likeness (QED) is 0.536. The average molecular weight is 129 g/mol. The first kappa shape index (κ1) is 7.03. The summed E-state index contributed by atoms with van der Waals surface area (Å²) in [5.41, 5.74) is 0.396. The summed E-state index contributed by atoms with van der Waals surface area (Å²) in [6, 6.07) is 0.347. The highest BCUT2D eigenvalue weighted by Crippen LogP contribution is 2.26. The van der Waals surface area contributed by atoms with E-state index in [-0.39, 0.29) is 6.61 Å². The first-order valence-electron chi connectivity index (χ1n) is 3.48. The van der Waals surface area contributed by atoms with Crippen molar-refractivity contribution >= 4 is 0 Å². The normalized spacial score (nSPS) is 33.0. The molecule has 1 heterocycles. The minimum absolute atomic E-state index is 0.281. The van der Waals surface area contributed by atoms with Crippen molar-refractivity contribution in [3.05, 3.63) is 0 Å². The van der Waals surface area contributed by atoms with Crippen LogP contribution >= 0.6 is 0 Å². The van der Waals surface area contributed by atoms with Gasteiger partial charge in [-0.2, -0.15) is 0 Å². The second kappa shape index (κ2) is 2.27. The molecule has 0 aromatic carbocycles. The largest absolute Gasteiger partial charge is 0.395 e. The summed E-state index contributed by atoms with van der Waals surface area (Å²) in [4.78, 5) is 0. The topological polar surface area (TPSA) is 32.3 Å². The van der Waals surface area contributed by atoms with Gasteiger partial charge in [-0.3, -0.25) is 0 Å². The van der Waals surface area contributed by atoms with Crippen molar-refractivity contribution in [3.8, 4) is 0 Å². The van der Waals surface area contributed by atoms with Crippen molar-refractivity contribution in [2.45, 2.75) is 26.3 Å². The van der Waals surface area contributed by atoms with Crippen molar-refractivity contribution in [3.63, 3.8) is 0 Å². The maximum absolute atomic E-state index is 8.74. The van der Waals surface area contributed by atoms with Gasteiger partial charge in [0.15, 0.2) is 0 Å². The first-order chi connectivity index (χ1) is 4.14. The number of aliphatic hydroxyl groups excluding tert-OH is 1. The lowest BCUT2D eigenvalue weighted by Gasteiger charge is -2.14. The maximum Gasteiger partial charge on any atom is 0.0584 e. The lowest BCUT2D eigenvalue weighted by molar-refractivity contribution is 0.247. The monoisotopic (exact) mass is 129 g/mol. The molecule has 1 rings (SSSR count). The summed E-state index contributed by atoms with van der Waals surface area (Å²) in [5, 5.41) is 12.0. The van der Waals surface area contributed by atoms with Crippen LogP contribution in [-0.2, 0) is 0 Å². The molecule has 1 saturated heterocycles. The maximum atomic E-state index is 8.74. The van der Waals surface area contributed by atoms with E-state index in [4.69, 9.17) is 5.11 Å². The predicted molar refractivity (Wildman–Crippen MR) is 37.3 cm³/mol. The highest BCUT2D eigenvalue weighted by atomic mass is 16.3. The van der Waals surface area contributed by atoms with Crippen molar-refractivity contribution in [2.24, 2.45) is 5.41 Å². The summed E-state index contributed by atoms with van der Waals surface area (Å²) < 4.78 is 0. The minimum Gasteiger partial charge on any atom is -0.395 e. The molecule has 0 aromatic heterocycles. The standard InChI is InChI=1S/C7H15NO/c1-7(2)3-6(4-9)8-5-7/h6,8-9H,3-5H2,1-2H3. The van der Waals surface area contributed by atoms with Gasteiger partial charge in [-0.05, 0) is 11.8 Å². The van der Waals surface area contributed by atoms with Gasteiger partial charge in [-0.25, -0.2) is 0 Å². The molecule has 0 bridgehead atoms. The summed E-state index contributed by atoms with van der Waals surface area (Å²) in [5.74, 6) is 0. The van der Waals surface area contributed by atoms with Crippen molar-refractivity contribution in [1.29, 1.82) is 0 Å². The van der Waals surface area contributed by atoms with E-state index in [2.05, 4.69) is 19.2 Å². The van der Waals surface area contributed by atoms with Gasteiger partial charge in [0, 0.05) is 12.6 Å². The Morgan fingerprint density at radius 1 is 1.67 bits per heavy atom. The molecule has 1 unspecified atom stereocenters. The van der Waals surface area contributed by atoms with Gasteiger partial charge in [0.25, 0.3) is 0 Å². The molecule has 0 aliphatic carbocycles. The van der Waals surface area contributed by atoms with E-state index >= 15 is 0 Å². The van der Waals surface area contributed by atoms with Gasteiger partial charge in [-0.1, -0.05) is 13.8 Å². The van der Waals surface area contributed by atoms with Crippen LogP contribution in [0.4, 0.5) is 0 Å². The molecule has 2 N–H and O–H groups in total. The smallest absolute Gasteiger partial charge is 0.0584 e. The molecule has 1 fully saturated rings. The molecular formula is C7H15NO. The third-order valence-electron chi connectivity index (χ3n) is 1.89. The van der Waals surface area contributed by atoms with Gasteiger partial charge >= 0.3 is 0 Å². The summed E-state index contributed by atoms with van der Waals surface area (Å²) in [6.45, 7) is 5.76. The Kier molecular flexibility index (Phi) is 1.78. The zero-order valence-electron chi connectivity index (χ0n) is 6.15. The zero-order valence-corrected chi connectivity index (χ0v) is 6.15. The van der Waals surface area contributed by atoms with Crippen LogP contribution in [0.25, 0.3) is 0 Å². The molecule has 0 saturated carbocycles. The summed E-state index contributed by atoms with van der Waals surface area (Å²) in [6.07, 6.45) is 1.10. The number of nitrogens with one attached hydrogen (secondary N) is 1. The van der Waals surface area contributed by atoms with E-state index in [0.717, 1.165) is 13.0 Å². The Labute approximate surface area is 56.3 Å². The fourth-order valence-electron chi connectivity index (χ4n) is 1.36. The van der Waals surface area contributed by atoms with Crippen LogP contribution < -0.4 is 5.32 Å². The van der Waals surface area contributed by atoms with E-state index in [9.17, 15) is 0 Å². The molecule has 1 atom stereocenters. The van der Waals surface area contributed by atoms with Crippen molar-refractivity contribution in [2.75, 3.05) is 13.2 Å². The van der Waals surface area contributed by atoms with Gasteiger partial charge in [0.2, 0.25) is 0 Å². The van der Waals surface area contributed by atoms with Crippen LogP contribution in [0, 0.1) is 5.41 Å². The summed E-state index contributed by atoms with van der Waals surface area (Å²) in [7, 11) is 0. The Morgan fingerprint density at radius 2 is 2.33 bits per heavy atom. The lowest BCUT2D eigenvalue weighted by atomic mass is 9.91. The second-order valence-corrected chi connectivity index (χ2v) is 3.63. The predicted octanol–water partition coefficient (Wildman–Crippen LogP) is 0.367. The fraction of sp³-hybridized carbons (Fsp3) is 1.00. The first-order valence-corrected chi connectivity index (χ1v) is 3.48. The van der Waals surface area contributed by atoms with Crippen LogP contribution in [0.15, 0.2) is 0 Å². The van der Waals surface area contributed by atoms with E-state index in [1.807, 2.05) is 0 Å². The molecule has 1 aliphatic heterocycles. The molecule has 1 aliphatic rings. The number of hydrogen-bond donors (Lipinski definition) is 2. The third kappa shape index (κ3) is 1.66. The molecule has 54 valence electrons. The SMILES string of the molecule is CC1(C)CNC(CO)C1. The third-order valence-corrected chi connectivity index (χ3v) is 1.89. The van der Waals surface area contributed by atoms with Crippen LogP contribution in [0.1, 0.15) is 20.3 Å². The summed E-state index contributed by atoms with van der Waals surface area (Å²) >= 11 is 0. The van der Waals surface area contributed by atoms with Gasteiger partial charge in [0.1, 0.15) is 0 Å². The number of aliphatic hydroxyl groups is 1. The lowest BCUT2D eigenvalue weighted by Crippen LogP contribution is -2.24. The van der Waals surface area contributed by atoms with Crippen LogP contribution in [-0.4, -0.2) is 24.3 Å². The zero-order chi connectivity index (χ0) is 6.91. The van der Waals surface area contributed by atoms with Crippen LogP contribution in [0.5, 0.6) is 0 Å². The van der Waals surface area contributed by atoms with Gasteiger partial charge in [0.05, 0.1) is 6.61 Å². The average Bonchev–Trinajstić information content (AvgIpc) is 2.10. The van der Waals surface area contributed by atoms with E-state index in [1.165, 1.54) is 0 Å². The molecule has 2 nitrogen and oxygen atoms in total. The van der Waals surface area contributed by atoms with Crippen molar-refractivity contribution < 1.29 is 5.11 Å².